The summed E-state index contributed by atoms with van der Waals surface area (Å²) in [6.07, 6.45) is 4.18. The highest BCUT2D eigenvalue weighted by molar-refractivity contribution is 6.35. The summed E-state index contributed by atoms with van der Waals surface area (Å²) >= 11 is 6.10. The zero-order valence-electron chi connectivity index (χ0n) is 23.0. The fourth-order valence-corrected chi connectivity index (χ4v) is 5.64. The number of anilines is 1. The minimum atomic E-state index is -0.261. The van der Waals surface area contributed by atoms with Gasteiger partial charge in [0.15, 0.2) is 0 Å². The Balaban J connectivity index is 1.34. The number of carbonyl (C=O) groups is 3. The first-order valence-corrected chi connectivity index (χ1v) is 14.0. The quantitative estimate of drug-likeness (QED) is 0.288. The van der Waals surface area contributed by atoms with Crippen LogP contribution in [0.25, 0.3) is 11.6 Å². The van der Waals surface area contributed by atoms with E-state index in [1.807, 2.05) is 39.0 Å². The largest absolute Gasteiger partial charge is 0.358 e. The van der Waals surface area contributed by atoms with Crippen LogP contribution >= 0.6 is 11.6 Å². The molecule has 3 aromatic rings. The summed E-state index contributed by atoms with van der Waals surface area (Å²) in [7, 11) is 0. The minimum Gasteiger partial charge on any atom is -0.358 e. The molecule has 0 spiro atoms. The van der Waals surface area contributed by atoms with Gasteiger partial charge in [-0.1, -0.05) is 23.7 Å². The monoisotopic (exact) mass is 559 g/mol. The number of amides is 3. The molecule has 1 aromatic heterocycles. The van der Waals surface area contributed by atoms with Gasteiger partial charge in [0.1, 0.15) is 0 Å². The Hall–Kier alpha value is -3.88. The van der Waals surface area contributed by atoms with Crippen LogP contribution in [0, 0.1) is 13.8 Å². The van der Waals surface area contributed by atoms with Crippen LogP contribution in [0.4, 0.5) is 5.69 Å². The van der Waals surface area contributed by atoms with Gasteiger partial charge in [0.2, 0.25) is 0 Å². The van der Waals surface area contributed by atoms with E-state index < -0.39 is 0 Å². The lowest BCUT2D eigenvalue weighted by Crippen LogP contribution is -2.33. The van der Waals surface area contributed by atoms with Crippen LogP contribution in [0.3, 0.4) is 0 Å². The Morgan fingerprint density at radius 1 is 1.10 bits per heavy atom. The van der Waals surface area contributed by atoms with Crippen LogP contribution < -0.4 is 16.0 Å². The standard InChI is InChI=1S/C31H34ClN5O3/c1-18-27(34-20(3)28(18)31(40)33-11-14-37-12-4-5-13-37)17-25-24-16-22(9-10-26(24)36-30(25)39)29(38)35-19(2)21-7-6-8-23(32)15-21/h6-10,15-17,19,34H,4-5,11-14H2,1-3H3,(H,33,40)(H,35,38)(H,36,39)/b25-17-/t19-/m0/s1. The van der Waals surface area contributed by atoms with Crippen molar-refractivity contribution in [1.29, 1.82) is 0 Å². The summed E-state index contributed by atoms with van der Waals surface area (Å²) in [5.74, 6) is -0.643. The van der Waals surface area contributed by atoms with Gasteiger partial charge < -0.3 is 25.8 Å². The Morgan fingerprint density at radius 2 is 1.88 bits per heavy atom. The van der Waals surface area contributed by atoms with E-state index in [0.29, 0.717) is 45.2 Å². The molecular weight excluding hydrogens is 526 g/mol. The number of carbonyl (C=O) groups excluding carboxylic acids is 3. The highest BCUT2D eigenvalue weighted by atomic mass is 35.5. The summed E-state index contributed by atoms with van der Waals surface area (Å²) in [6.45, 7) is 9.24. The van der Waals surface area contributed by atoms with Gasteiger partial charge in [0.05, 0.1) is 17.2 Å². The Labute approximate surface area is 239 Å². The second-order valence-corrected chi connectivity index (χ2v) is 10.9. The van der Waals surface area contributed by atoms with Crippen molar-refractivity contribution in [1.82, 2.24) is 20.5 Å². The Kier molecular flexibility index (Phi) is 8.09. The molecule has 0 aliphatic carbocycles. The molecule has 3 heterocycles. The van der Waals surface area contributed by atoms with Gasteiger partial charge in [0, 0.05) is 46.3 Å². The molecular formula is C31H34ClN5O3. The predicted octanol–water partition coefficient (Wildman–Crippen LogP) is 5.09. The number of halogens is 1. The molecule has 2 aliphatic rings. The number of hydrogen-bond acceptors (Lipinski definition) is 4. The fourth-order valence-electron chi connectivity index (χ4n) is 5.44. The molecule has 4 N–H and O–H groups in total. The fraction of sp³-hybridized carbons (Fsp3) is 0.323. The van der Waals surface area contributed by atoms with E-state index >= 15 is 0 Å². The molecule has 8 nitrogen and oxygen atoms in total. The van der Waals surface area contributed by atoms with Crippen molar-refractivity contribution >= 4 is 46.7 Å². The highest BCUT2D eigenvalue weighted by Crippen LogP contribution is 2.35. The summed E-state index contributed by atoms with van der Waals surface area (Å²) in [4.78, 5) is 44.6. The summed E-state index contributed by atoms with van der Waals surface area (Å²) in [5, 5.41) is 9.51. The molecule has 0 unspecified atom stereocenters. The molecule has 2 aliphatic heterocycles. The molecule has 208 valence electrons. The van der Waals surface area contributed by atoms with Crippen LogP contribution in [-0.4, -0.2) is 53.8 Å². The van der Waals surface area contributed by atoms with Crippen LogP contribution in [0.15, 0.2) is 42.5 Å². The third-order valence-corrected chi connectivity index (χ3v) is 7.90. The van der Waals surface area contributed by atoms with E-state index in [0.717, 1.165) is 36.5 Å². The molecule has 0 bridgehead atoms. The smallest absolute Gasteiger partial charge is 0.256 e. The number of H-pyrrole nitrogens is 1. The molecule has 1 atom stereocenters. The first kappa shape index (κ1) is 27.7. The average molecular weight is 560 g/mol. The molecule has 0 saturated carbocycles. The topological polar surface area (TPSA) is 106 Å². The van der Waals surface area contributed by atoms with E-state index in [1.54, 1.807) is 30.3 Å². The summed E-state index contributed by atoms with van der Waals surface area (Å²) in [5.41, 5.74) is 5.82. The number of rotatable bonds is 8. The van der Waals surface area contributed by atoms with Gasteiger partial charge in [-0.05, 0) is 94.2 Å². The van der Waals surface area contributed by atoms with E-state index in [2.05, 4.69) is 25.8 Å². The molecule has 1 fully saturated rings. The second-order valence-electron chi connectivity index (χ2n) is 10.5. The third kappa shape index (κ3) is 5.83. The lowest BCUT2D eigenvalue weighted by molar-refractivity contribution is -0.110. The molecule has 5 rings (SSSR count). The van der Waals surface area contributed by atoms with Crippen LogP contribution in [0.1, 0.15) is 74.6 Å². The maximum Gasteiger partial charge on any atom is 0.256 e. The van der Waals surface area contributed by atoms with Crippen LogP contribution in [0.5, 0.6) is 0 Å². The number of fused-ring (bicyclic) bond motifs is 1. The number of hydrogen-bond donors (Lipinski definition) is 4. The van der Waals surface area contributed by atoms with Crippen molar-refractivity contribution in [2.45, 2.75) is 39.7 Å². The predicted molar refractivity (Wildman–Crippen MR) is 159 cm³/mol. The van der Waals surface area contributed by atoms with Gasteiger partial charge in [0.25, 0.3) is 17.7 Å². The van der Waals surface area contributed by atoms with Crippen molar-refractivity contribution in [3.05, 3.63) is 86.7 Å². The number of aromatic amines is 1. The van der Waals surface area contributed by atoms with E-state index in [9.17, 15) is 14.4 Å². The van der Waals surface area contributed by atoms with E-state index in [1.165, 1.54) is 12.8 Å². The molecule has 1 saturated heterocycles. The van der Waals surface area contributed by atoms with Gasteiger partial charge in [-0.25, -0.2) is 0 Å². The number of aromatic nitrogens is 1. The average Bonchev–Trinajstić information content (AvgIpc) is 3.62. The number of nitrogens with one attached hydrogen (secondary N) is 4. The van der Waals surface area contributed by atoms with Gasteiger partial charge in [-0.3, -0.25) is 14.4 Å². The lowest BCUT2D eigenvalue weighted by Gasteiger charge is -2.15. The minimum absolute atomic E-state index is 0.126. The molecule has 40 heavy (non-hydrogen) atoms. The highest BCUT2D eigenvalue weighted by Gasteiger charge is 2.27. The van der Waals surface area contributed by atoms with Crippen molar-refractivity contribution in [2.75, 3.05) is 31.5 Å². The van der Waals surface area contributed by atoms with E-state index in [4.69, 9.17) is 11.6 Å². The Morgan fingerprint density at radius 3 is 2.62 bits per heavy atom. The number of aryl methyl sites for hydroxylation is 1. The summed E-state index contributed by atoms with van der Waals surface area (Å²) in [6, 6.07) is 12.3. The number of nitrogens with zero attached hydrogens (tertiary/aromatic N) is 1. The van der Waals surface area contributed by atoms with Crippen molar-refractivity contribution in [3.63, 3.8) is 0 Å². The van der Waals surface area contributed by atoms with Crippen LogP contribution in [0.2, 0.25) is 5.02 Å². The number of likely N-dealkylation sites (tertiary alicyclic amines) is 1. The maximum atomic E-state index is 13.1. The molecule has 2 aromatic carbocycles. The zero-order chi connectivity index (χ0) is 28.4. The first-order valence-electron chi connectivity index (χ1n) is 13.6. The number of benzene rings is 2. The first-order chi connectivity index (χ1) is 19.2. The lowest BCUT2D eigenvalue weighted by atomic mass is 10.0. The summed E-state index contributed by atoms with van der Waals surface area (Å²) < 4.78 is 0. The van der Waals surface area contributed by atoms with Crippen molar-refractivity contribution < 1.29 is 14.4 Å². The molecule has 3 amide bonds. The molecule has 9 heteroatoms. The van der Waals surface area contributed by atoms with Gasteiger partial charge in [-0.2, -0.15) is 0 Å². The van der Waals surface area contributed by atoms with Gasteiger partial charge in [-0.15, -0.1) is 0 Å². The normalized spacial score (nSPS) is 16.6. The SMILES string of the molecule is Cc1[nH]c(/C=C2\C(=O)Nc3ccc(C(=O)N[C@@H](C)c4cccc(Cl)c4)cc32)c(C)c1C(=O)NCCN1CCCC1. The van der Waals surface area contributed by atoms with Crippen molar-refractivity contribution in [2.24, 2.45) is 0 Å². The Bertz CT molecular complexity index is 1500. The second kappa shape index (κ2) is 11.7. The van der Waals surface area contributed by atoms with Crippen LogP contribution in [-0.2, 0) is 4.79 Å². The van der Waals surface area contributed by atoms with E-state index in [-0.39, 0.29) is 23.8 Å². The zero-order valence-corrected chi connectivity index (χ0v) is 23.7. The third-order valence-electron chi connectivity index (χ3n) is 7.67. The van der Waals surface area contributed by atoms with Crippen molar-refractivity contribution in [3.8, 4) is 0 Å². The maximum absolute atomic E-state index is 13.1. The molecule has 0 radical (unpaired) electrons. The van der Waals surface area contributed by atoms with Gasteiger partial charge >= 0.3 is 0 Å².